The van der Waals surface area contributed by atoms with Crippen LogP contribution in [0.4, 0.5) is 23.1 Å². The molecule has 1 aromatic carbocycles. The minimum Gasteiger partial charge on any atom is -0.397 e. The number of fused-ring (bicyclic) bond motifs is 1. The molecule has 1 saturated heterocycles. The third-order valence-corrected chi connectivity index (χ3v) is 5.74. The Hall–Kier alpha value is -1.47. The number of likely N-dealkylation sites (N-methyl/N-ethyl adjacent to an activating group) is 1. The number of nitrogens with one attached hydrogen (secondary N) is 2. The summed E-state index contributed by atoms with van der Waals surface area (Å²) < 4.78 is 0. The van der Waals surface area contributed by atoms with Gasteiger partial charge in [-0.05, 0) is 56.8 Å². The number of hydrogen-bond donors (Lipinski definition) is 3. The highest BCUT2D eigenvalue weighted by molar-refractivity contribution is 6.33. The molecular weight excluding hydrogens is 431 g/mol. The number of anilines is 4. The van der Waals surface area contributed by atoms with Crippen molar-refractivity contribution < 1.29 is 0 Å². The van der Waals surface area contributed by atoms with Crippen LogP contribution in [0, 0.1) is 0 Å². The molecule has 0 radical (unpaired) electrons. The van der Waals surface area contributed by atoms with E-state index in [1.807, 2.05) is 12.1 Å². The summed E-state index contributed by atoms with van der Waals surface area (Å²) in [6.45, 7) is 5.21. The van der Waals surface area contributed by atoms with Gasteiger partial charge in [-0.3, -0.25) is 0 Å². The largest absolute Gasteiger partial charge is 0.397 e. The first kappa shape index (κ1) is 23.8. The van der Waals surface area contributed by atoms with Crippen LogP contribution in [0.5, 0.6) is 0 Å². The van der Waals surface area contributed by atoms with E-state index in [9.17, 15) is 0 Å². The quantitative estimate of drug-likeness (QED) is 0.576. The molecule has 0 bridgehead atoms. The van der Waals surface area contributed by atoms with Crippen molar-refractivity contribution in [3.05, 3.63) is 34.5 Å². The summed E-state index contributed by atoms with van der Waals surface area (Å²) in [5, 5.41) is 7.44. The zero-order chi connectivity index (χ0) is 18.8. The third kappa shape index (κ3) is 5.37. The van der Waals surface area contributed by atoms with Gasteiger partial charge in [-0.2, -0.15) is 4.98 Å². The topological polar surface area (TPSA) is 79.1 Å². The van der Waals surface area contributed by atoms with Crippen molar-refractivity contribution in [2.24, 2.45) is 0 Å². The zero-order valence-electron chi connectivity index (χ0n) is 16.6. The first-order valence-electron chi connectivity index (χ1n) is 9.84. The second kappa shape index (κ2) is 10.5. The summed E-state index contributed by atoms with van der Waals surface area (Å²) in [5.74, 6) is 1.74. The van der Waals surface area contributed by atoms with E-state index in [0.717, 1.165) is 50.4 Å². The van der Waals surface area contributed by atoms with Gasteiger partial charge < -0.3 is 21.3 Å². The zero-order valence-corrected chi connectivity index (χ0v) is 19.0. The van der Waals surface area contributed by atoms with Crippen molar-refractivity contribution in [3.8, 4) is 0 Å². The molecule has 2 aromatic rings. The molecule has 1 fully saturated rings. The molecule has 9 heteroatoms. The Kier molecular flexibility index (Phi) is 8.64. The Balaban J connectivity index is 0.00000150. The molecule has 160 valence electrons. The highest BCUT2D eigenvalue weighted by Crippen LogP contribution is 2.32. The number of nitrogens with zero attached hydrogens (tertiary/aromatic N) is 3. The average molecular weight is 460 g/mol. The fraction of sp³-hybridized carbons (Fsp3) is 0.500. The van der Waals surface area contributed by atoms with Crippen LogP contribution in [0.2, 0.25) is 5.02 Å². The van der Waals surface area contributed by atoms with Crippen LogP contribution < -0.4 is 21.3 Å². The maximum absolute atomic E-state index is 6.03. The summed E-state index contributed by atoms with van der Waals surface area (Å²) in [7, 11) is 0. The number of nitrogen functional groups attached to an aromatic ring is 1. The number of nitrogens with two attached hydrogens (primary N) is 1. The lowest BCUT2D eigenvalue weighted by atomic mass is 9.96. The Morgan fingerprint density at radius 1 is 1.21 bits per heavy atom. The van der Waals surface area contributed by atoms with Crippen molar-refractivity contribution in [1.29, 1.82) is 0 Å². The molecule has 29 heavy (non-hydrogen) atoms. The van der Waals surface area contributed by atoms with Crippen LogP contribution in [-0.2, 0) is 12.8 Å². The van der Waals surface area contributed by atoms with Gasteiger partial charge in [-0.1, -0.05) is 18.5 Å². The van der Waals surface area contributed by atoms with Crippen LogP contribution in [-0.4, -0.2) is 35.6 Å². The van der Waals surface area contributed by atoms with Crippen molar-refractivity contribution in [2.75, 3.05) is 35.6 Å². The summed E-state index contributed by atoms with van der Waals surface area (Å²) in [5.41, 5.74) is 9.85. The van der Waals surface area contributed by atoms with Crippen molar-refractivity contribution in [1.82, 2.24) is 15.3 Å². The van der Waals surface area contributed by atoms with Gasteiger partial charge in [-0.15, -0.1) is 24.8 Å². The van der Waals surface area contributed by atoms with Crippen molar-refractivity contribution in [2.45, 2.75) is 45.1 Å². The monoisotopic (exact) mass is 458 g/mol. The van der Waals surface area contributed by atoms with E-state index < -0.39 is 0 Å². The normalized spacial score (nSPS) is 17.9. The number of rotatable bonds is 5. The lowest BCUT2D eigenvalue weighted by molar-refractivity contribution is 0.571. The molecule has 0 amide bonds. The standard InChI is InChI=1S/C20H27ClN6.2ClH/c1-2-23-14-9-10-27(12-14)19-15-5-3-4-6-18(15)25-20(26-19)24-13-7-8-16(21)17(22)11-13;;/h7-8,11,14,23H,2-6,9-10,12,22H2,1H3,(H,24,25,26);2*1H/t14-;;/m0../s1. The molecule has 1 aliphatic heterocycles. The van der Waals surface area contributed by atoms with Crippen molar-refractivity contribution in [3.63, 3.8) is 0 Å². The SMILES string of the molecule is CCN[C@H]1CCN(c2nc(Nc3ccc(Cl)c(N)c3)nc3c2CCCC3)C1.Cl.Cl. The second-order valence-electron chi connectivity index (χ2n) is 7.35. The molecule has 6 nitrogen and oxygen atoms in total. The minimum absolute atomic E-state index is 0. The van der Waals surface area contributed by atoms with E-state index in [-0.39, 0.29) is 24.8 Å². The van der Waals surface area contributed by atoms with E-state index in [1.165, 1.54) is 24.1 Å². The van der Waals surface area contributed by atoms with Crippen LogP contribution in [0.3, 0.4) is 0 Å². The van der Waals surface area contributed by atoms with E-state index in [1.54, 1.807) is 6.07 Å². The molecule has 0 unspecified atom stereocenters. The lowest BCUT2D eigenvalue weighted by Gasteiger charge is -2.25. The summed E-state index contributed by atoms with van der Waals surface area (Å²) in [4.78, 5) is 12.1. The smallest absolute Gasteiger partial charge is 0.229 e. The van der Waals surface area contributed by atoms with Gasteiger partial charge in [0.15, 0.2) is 0 Å². The molecule has 1 aliphatic carbocycles. The number of halogens is 3. The van der Waals surface area contributed by atoms with Crippen LogP contribution in [0.15, 0.2) is 18.2 Å². The Morgan fingerprint density at radius 3 is 2.76 bits per heavy atom. The van der Waals surface area contributed by atoms with E-state index in [2.05, 4.69) is 22.5 Å². The maximum atomic E-state index is 6.03. The molecule has 2 aliphatic rings. The van der Waals surface area contributed by atoms with Crippen LogP contribution >= 0.6 is 36.4 Å². The van der Waals surface area contributed by atoms with Gasteiger partial charge in [0.25, 0.3) is 0 Å². The molecular formula is C20H29Cl3N6. The minimum atomic E-state index is 0. The Morgan fingerprint density at radius 2 is 2.00 bits per heavy atom. The fourth-order valence-corrected chi connectivity index (χ4v) is 4.17. The Bertz CT molecular complexity index is 832. The molecule has 4 rings (SSSR count). The molecule has 1 aromatic heterocycles. The third-order valence-electron chi connectivity index (χ3n) is 5.39. The highest BCUT2D eigenvalue weighted by atomic mass is 35.5. The lowest BCUT2D eigenvalue weighted by Crippen LogP contribution is -2.33. The predicted molar refractivity (Wildman–Crippen MR) is 127 cm³/mol. The van der Waals surface area contributed by atoms with E-state index >= 15 is 0 Å². The highest BCUT2D eigenvalue weighted by Gasteiger charge is 2.27. The molecule has 0 spiro atoms. The fourth-order valence-electron chi connectivity index (χ4n) is 4.05. The van der Waals surface area contributed by atoms with Gasteiger partial charge in [0.05, 0.1) is 16.4 Å². The first-order valence-corrected chi connectivity index (χ1v) is 10.2. The number of aromatic nitrogens is 2. The first-order chi connectivity index (χ1) is 13.1. The number of benzene rings is 1. The number of hydrogen-bond acceptors (Lipinski definition) is 6. The van der Waals surface area contributed by atoms with Crippen LogP contribution in [0.1, 0.15) is 37.4 Å². The molecule has 1 atom stereocenters. The summed E-state index contributed by atoms with van der Waals surface area (Å²) in [6, 6.07) is 6.05. The summed E-state index contributed by atoms with van der Waals surface area (Å²) >= 11 is 6.03. The Labute approximate surface area is 189 Å². The molecule has 2 heterocycles. The predicted octanol–water partition coefficient (Wildman–Crippen LogP) is 4.37. The van der Waals surface area contributed by atoms with Gasteiger partial charge in [-0.25, -0.2) is 4.98 Å². The molecule has 4 N–H and O–H groups in total. The van der Waals surface area contributed by atoms with Gasteiger partial charge in [0, 0.05) is 30.4 Å². The van der Waals surface area contributed by atoms with Gasteiger partial charge >= 0.3 is 0 Å². The van der Waals surface area contributed by atoms with E-state index in [4.69, 9.17) is 27.3 Å². The second-order valence-corrected chi connectivity index (χ2v) is 7.76. The average Bonchev–Trinajstić information content (AvgIpc) is 3.13. The summed E-state index contributed by atoms with van der Waals surface area (Å²) in [6.07, 6.45) is 5.65. The van der Waals surface area contributed by atoms with Gasteiger partial charge in [0.2, 0.25) is 5.95 Å². The van der Waals surface area contributed by atoms with Gasteiger partial charge in [0.1, 0.15) is 5.82 Å². The maximum Gasteiger partial charge on any atom is 0.229 e. The molecule has 0 saturated carbocycles. The number of aryl methyl sites for hydroxylation is 1. The van der Waals surface area contributed by atoms with Crippen molar-refractivity contribution >= 4 is 59.6 Å². The van der Waals surface area contributed by atoms with Crippen LogP contribution in [0.25, 0.3) is 0 Å². The van der Waals surface area contributed by atoms with E-state index in [0.29, 0.717) is 22.7 Å².